The molecule has 2 heterocycles. The quantitative estimate of drug-likeness (QED) is 0.178. The van der Waals surface area contributed by atoms with Crippen molar-refractivity contribution in [1.82, 2.24) is 14.2 Å². The molecule has 12 nitrogen and oxygen atoms in total. The summed E-state index contributed by atoms with van der Waals surface area (Å²) in [5.41, 5.74) is -1.19. The maximum atomic E-state index is 12.6. The Hall–Kier alpha value is -2.13. The Balaban J connectivity index is 2.48. The molecule has 1 fully saturated rings. The van der Waals surface area contributed by atoms with Crippen LogP contribution in [0.1, 0.15) is 47.3 Å². The second-order valence-corrected chi connectivity index (χ2v) is 10.4. The predicted molar refractivity (Wildman–Crippen MR) is 133 cm³/mol. The van der Waals surface area contributed by atoms with Crippen molar-refractivity contribution in [2.45, 2.75) is 77.7 Å². The van der Waals surface area contributed by atoms with E-state index in [1.165, 1.54) is 31.0 Å². The number of aromatic nitrogens is 2. The van der Waals surface area contributed by atoms with Crippen molar-refractivity contribution in [3.63, 3.8) is 0 Å². The number of hydrogen-bond acceptors (Lipinski definition) is 9. The van der Waals surface area contributed by atoms with Crippen LogP contribution < -0.4 is 11.2 Å². The van der Waals surface area contributed by atoms with Crippen LogP contribution in [0.5, 0.6) is 0 Å². The van der Waals surface area contributed by atoms with Crippen LogP contribution in [0, 0.1) is 12.5 Å². The van der Waals surface area contributed by atoms with Crippen molar-refractivity contribution >= 4 is 14.5 Å². The standard InChI is InChI=1S/C23H37N4O8P/c1-14(2)27(15(3)4)36(33-12-10-24-6)35-19-17(13-16(5)22(29)32-8)34-21(20(19)31-7)26-11-9-18(28)25-23(26)30/h9,11,14-17,19-21H,10,12-13H2,1-5,7-8H3,(H,25,28,30)/t16?,17-,19?,20+,21-,36?/m1/s1. The zero-order valence-corrected chi connectivity index (χ0v) is 22.8. The number of methoxy groups -OCH3 is 2. The maximum absolute atomic E-state index is 12.6. The van der Waals surface area contributed by atoms with Crippen LogP contribution in [0.15, 0.2) is 21.9 Å². The summed E-state index contributed by atoms with van der Waals surface area (Å²) in [6.45, 7) is 17.3. The molecule has 1 N–H and O–H groups in total. The molecule has 36 heavy (non-hydrogen) atoms. The predicted octanol–water partition coefficient (Wildman–Crippen LogP) is 2.31. The Morgan fingerprint density at radius 3 is 2.42 bits per heavy atom. The summed E-state index contributed by atoms with van der Waals surface area (Å²) in [6, 6.07) is 1.35. The molecule has 0 radical (unpaired) electrons. The highest BCUT2D eigenvalue weighted by molar-refractivity contribution is 7.44. The van der Waals surface area contributed by atoms with E-state index in [0.29, 0.717) is 0 Å². The zero-order valence-electron chi connectivity index (χ0n) is 21.9. The van der Waals surface area contributed by atoms with Gasteiger partial charge < -0.3 is 28.1 Å². The van der Waals surface area contributed by atoms with E-state index in [1.54, 1.807) is 6.92 Å². The molecule has 13 heteroatoms. The molecule has 1 aliphatic rings. The fourth-order valence-electron chi connectivity index (χ4n) is 4.17. The number of H-pyrrole nitrogens is 1. The van der Waals surface area contributed by atoms with Gasteiger partial charge in [0.2, 0.25) is 6.54 Å². The molecule has 1 aromatic heterocycles. The lowest BCUT2D eigenvalue weighted by molar-refractivity contribution is -0.146. The highest BCUT2D eigenvalue weighted by Gasteiger charge is 2.50. The summed E-state index contributed by atoms with van der Waals surface area (Å²) in [5, 5.41) is 0. The highest BCUT2D eigenvalue weighted by Crippen LogP contribution is 2.50. The van der Waals surface area contributed by atoms with Crippen LogP contribution in [-0.2, 0) is 28.1 Å². The first-order chi connectivity index (χ1) is 17.0. The smallest absolute Gasteiger partial charge is 0.330 e. The van der Waals surface area contributed by atoms with E-state index in [0.717, 1.165) is 0 Å². The Labute approximate surface area is 212 Å². The molecule has 202 valence electrons. The lowest BCUT2D eigenvalue weighted by Crippen LogP contribution is -2.41. The van der Waals surface area contributed by atoms with Crippen LogP contribution >= 0.6 is 8.53 Å². The van der Waals surface area contributed by atoms with Crippen molar-refractivity contribution in [1.29, 1.82) is 0 Å². The van der Waals surface area contributed by atoms with Gasteiger partial charge in [0.25, 0.3) is 14.1 Å². The first-order valence-corrected chi connectivity index (χ1v) is 13.0. The molecule has 0 aliphatic carbocycles. The van der Waals surface area contributed by atoms with E-state index in [9.17, 15) is 14.4 Å². The van der Waals surface area contributed by atoms with Crippen LogP contribution in [0.3, 0.4) is 0 Å². The average molecular weight is 529 g/mol. The minimum atomic E-state index is -1.66. The average Bonchev–Trinajstić information content (AvgIpc) is 3.14. The largest absolute Gasteiger partial charge is 0.469 e. The topological polar surface area (TPSA) is 126 Å². The Kier molecular flexibility index (Phi) is 11.7. The van der Waals surface area contributed by atoms with Crippen LogP contribution in [-0.4, -0.2) is 78.0 Å². The third-order valence-electron chi connectivity index (χ3n) is 5.74. The maximum Gasteiger partial charge on any atom is 0.330 e. The van der Waals surface area contributed by atoms with Gasteiger partial charge in [-0.25, -0.2) is 16.0 Å². The van der Waals surface area contributed by atoms with Crippen molar-refractivity contribution in [2.24, 2.45) is 5.92 Å². The van der Waals surface area contributed by atoms with Gasteiger partial charge in [0, 0.05) is 31.5 Å². The number of carbonyl (C=O) groups is 1. The fraction of sp³-hybridized carbons (Fsp3) is 0.739. The highest BCUT2D eigenvalue weighted by atomic mass is 31.2. The number of nitrogens with one attached hydrogen (secondary N) is 1. The van der Waals surface area contributed by atoms with E-state index in [4.69, 9.17) is 29.8 Å². The fourth-order valence-corrected chi connectivity index (χ4v) is 5.93. The molecular formula is C23H37N4O8P. The van der Waals surface area contributed by atoms with Crippen LogP contribution in [0.25, 0.3) is 4.85 Å². The first kappa shape index (κ1) is 30.1. The monoisotopic (exact) mass is 528 g/mol. The lowest BCUT2D eigenvalue weighted by atomic mass is 9.99. The van der Waals surface area contributed by atoms with Crippen molar-refractivity contribution in [2.75, 3.05) is 27.4 Å². The third kappa shape index (κ3) is 7.44. The first-order valence-electron chi connectivity index (χ1n) is 11.8. The van der Waals surface area contributed by atoms with Gasteiger partial charge in [0.05, 0.1) is 19.1 Å². The van der Waals surface area contributed by atoms with Gasteiger partial charge in [0.15, 0.2) is 6.23 Å². The molecule has 1 saturated heterocycles. The Morgan fingerprint density at radius 2 is 1.89 bits per heavy atom. The molecule has 0 saturated carbocycles. The molecule has 2 rings (SSSR count). The minimum Gasteiger partial charge on any atom is -0.469 e. The van der Waals surface area contributed by atoms with Crippen molar-refractivity contribution < 1.29 is 28.1 Å². The van der Waals surface area contributed by atoms with E-state index in [2.05, 4.69) is 14.5 Å². The number of nitrogens with zero attached hydrogens (tertiary/aromatic N) is 3. The van der Waals surface area contributed by atoms with Gasteiger partial charge in [-0.2, -0.15) is 0 Å². The number of carbonyl (C=O) groups excluding carboxylic acids is 1. The second kappa shape index (κ2) is 14.0. The Bertz CT molecular complexity index is 999. The molecule has 6 atom stereocenters. The zero-order chi connectivity index (χ0) is 27.0. The number of rotatable bonds is 13. The summed E-state index contributed by atoms with van der Waals surface area (Å²) < 4.78 is 32.8. The summed E-state index contributed by atoms with van der Waals surface area (Å²) >= 11 is 0. The molecular weight excluding hydrogens is 491 g/mol. The van der Waals surface area contributed by atoms with Gasteiger partial charge in [-0.15, -0.1) is 0 Å². The summed E-state index contributed by atoms with van der Waals surface area (Å²) in [5.74, 6) is -0.923. The van der Waals surface area contributed by atoms with Crippen LogP contribution in [0.4, 0.5) is 0 Å². The minimum absolute atomic E-state index is 0.0671. The number of esters is 1. The molecule has 1 aliphatic heterocycles. The van der Waals surface area contributed by atoms with Gasteiger partial charge in [-0.05, 0) is 34.1 Å². The van der Waals surface area contributed by atoms with E-state index < -0.39 is 56.2 Å². The summed E-state index contributed by atoms with van der Waals surface area (Å²) in [6.07, 6.45) is -1.51. The number of aromatic amines is 1. The van der Waals surface area contributed by atoms with E-state index >= 15 is 0 Å². The van der Waals surface area contributed by atoms with E-state index in [-0.39, 0.29) is 31.7 Å². The normalized spacial score (nSPS) is 23.7. The molecule has 0 aromatic carbocycles. The van der Waals surface area contributed by atoms with Gasteiger partial charge >= 0.3 is 11.7 Å². The molecule has 0 bridgehead atoms. The number of ether oxygens (including phenoxy) is 3. The second-order valence-electron chi connectivity index (χ2n) is 9.03. The van der Waals surface area contributed by atoms with Crippen molar-refractivity contribution in [3.8, 4) is 0 Å². The van der Waals surface area contributed by atoms with Crippen LogP contribution in [0.2, 0.25) is 0 Å². The molecule has 0 spiro atoms. The Morgan fingerprint density at radius 1 is 1.22 bits per heavy atom. The van der Waals surface area contributed by atoms with Gasteiger partial charge in [-0.1, -0.05) is 6.92 Å². The van der Waals surface area contributed by atoms with Crippen molar-refractivity contribution in [3.05, 3.63) is 44.5 Å². The lowest BCUT2D eigenvalue weighted by Gasteiger charge is -2.38. The van der Waals surface area contributed by atoms with Gasteiger partial charge in [0.1, 0.15) is 18.8 Å². The van der Waals surface area contributed by atoms with Gasteiger partial charge in [-0.3, -0.25) is 19.1 Å². The third-order valence-corrected chi connectivity index (χ3v) is 7.86. The SMILES string of the molecule is [C-]#[N+]CCOP(OC1[C@@H](CC(C)C(=O)OC)O[C@@H](n2ccc(=O)[nH]c2=O)[C@H]1OC)N(C(C)C)C(C)C. The van der Waals surface area contributed by atoms with E-state index in [1.807, 2.05) is 27.7 Å². The summed E-state index contributed by atoms with van der Waals surface area (Å²) in [7, 11) is 1.13. The molecule has 0 amide bonds. The summed E-state index contributed by atoms with van der Waals surface area (Å²) in [4.78, 5) is 41.9. The molecule has 1 aromatic rings. The molecule has 3 unspecified atom stereocenters. The number of hydrogen-bond donors (Lipinski definition) is 1.